The number of nitrogens with zero attached hydrogens (tertiary/aromatic N) is 1. The van der Waals surface area contributed by atoms with Crippen LogP contribution in [0.2, 0.25) is 0 Å². The van der Waals surface area contributed by atoms with Gasteiger partial charge in [-0.15, -0.1) is 0 Å². The SMILES string of the molecule is CN(C)c1ccc(C(=O)NC2COCC2C(=O)O)cc1. The third-order valence-electron chi connectivity index (χ3n) is 3.36. The summed E-state index contributed by atoms with van der Waals surface area (Å²) < 4.78 is 5.12. The Morgan fingerprint density at radius 1 is 1.25 bits per heavy atom. The lowest BCUT2D eigenvalue weighted by Crippen LogP contribution is -2.42. The quantitative estimate of drug-likeness (QED) is 0.842. The lowest BCUT2D eigenvalue weighted by molar-refractivity contribution is -0.142. The molecule has 2 atom stereocenters. The topological polar surface area (TPSA) is 78.9 Å². The molecule has 1 aliphatic heterocycles. The van der Waals surface area contributed by atoms with E-state index in [0.717, 1.165) is 5.69 Å². The molecule has 108 valence electrons. The molecule has 1 fully saturated rings. The molecule has 2 rings (SSSR count). The Kier molecular flexibility index (Phi) is 4.24. The maximum Gasteiger partial charge on any atom is 0.311 e. The van der Waals surface area contributed by atoms with Gasteiger partial charge in [-0.1, -0.05) is 0 Å². The first kappa shape index (κ1) is 14.3. The van der Waals surface area contributed by atoms with Crippen molar-refractivity contribution in [1.82, 2.24) is 5.32 Å². The lowest BCUT2D eigenvalue weighted by atomic mass is 10.0. The molecule has 0 aromatic heterocycles. The third kappa shape index (κ3) is 3.08. The number of ether oxygens (including phenoxy) is 1. The number of carboxylic acid groups (broad SMARTS) is 1. The first-order valence-corrected chi connectivity index (χ1v) is 6.38. The molecule has 1 aromatic rings. The molecule has 0 radical (unpaired) electrons. The molecule has 0 saturated carbocycles. The van der Waals surface area contributed by atoms with Crippen molar-refractivity contribution in [2.75, 3.05) is 32.2 Å². The van der Waals surface area contributed by atoms with Crippen molar-refractivity contribution in [2.24, 2.45) is 5.92 Å². The largest absolute Gasteiger partial charge is 0.481 e. The highest BCUT2D eigenvalue weighted by molar-refractivity contribution is 5.95. The minimum atomic E-state index is -0.948. The van der Waals surface area contributed by atoms with Crippen LogP contribution in [0.4, 0.5) is 5.69 Å². The number of hydrogen-bond acceptors (Lipinski definition) is 4. The molecule has 1 heterocycles. The van der Waals surface area contributed by atoms with E-state index in [4.69, 9.17) is 9.84 Å². The number of carbonyl (C=O) groups is 2. The summed E-state index contributed by atoms with van der Waals surface area (Å²) in [6.07, 6.45) is 0. The van der Waals surface area contributed by atoms with Crippen molar-refractivity contribution >= 4 is 17.6 Å². The smallest absolute Gasteiger partial charge is 0.311 e. The van der Waals surface area contributed by atoms with E-state index in [1.165, 1.54) is 0 Å². The van der Waals surface area contributed by atoms with Crippen molar-refractivity contribution in [1.29, 1.82) is 0 Å². The highest BCUT2D eigenvalue weighted by Gasteiger charge is 2.35. The van der Waals surface area contributed by atoms with Gasteiger partial charge in [0.05, 0.1) is 19.3 Å². The molecule has 6 nitrogen and oxygen atoms in total. The van der Waals surface area contributed by atoms with Gasteiger partial charge in [0.2, 0.25) is 0 Å². The van der Waals surface area contributed by atoms with E-state index in [2.05, 4.69) is 5.32 Å². The van der Waals surface area contributed by atoms with Crippen molar-refractivity contribution in [3.63, 3.8) is 0 Å². The van der Waals surface area contributed by atoms with Gasteiger partial charge in [0.1, 0.15) is 5.92 Å². The Hall–Kier alpha value is -2.08. The van der Waals surface area contributed by atoms with Gasteiger partial charge in [-0.05, 0) is 24.3 Å². The van der Waals surface area contributed by atoms with Crippen LogP contribution < -0.4 is 10.2 Å². The van der Waals surface area contributed by atoms with Gasteiger partial charge in [0.25, 0.3) is 5.91 Å². The van der Waals surface area contributed by atoms with Crippen LogP contribution in [-0.2, 0) is 9.53 Å². The molecule has 2 unspecified atom stereocenters. The van der Waals surface area contributed by atoms with E-state index in [1.54, 1.807) is 12.1 Å². The Bertz CT molecular complexity index is 498. The van der Waals surface area contributed by atoms with Gasteiger partial charge in [-0.3, -0.25) is 9.59 Å². The van der Waals surface area contributed by atoms with Gasteiger partial charge in [-0.2, -0.15) is 0 Å². The molecule has 1 amide bonds. The Morgan fingerprint density at radius 3 is 2.45 bits per heavy atom. The van der Waals surface area contributed by atoms with Crippen LogP contribution in [0.3, 0.4) is 0 Å². The number of benzene rings is 1. The maximum atomic E-state index is 12.1. The number of nitrogens with one attached hydrogen (secondary N) is 1. The summed E-state index contributed by atoms with van der Waals surface area (Å²) in [5.41, 5.74) is 1.50. The van der Waals surface area contributed by atoms with Crippen LogP contribution in [0.25, 0.3) is 0 Å². The van der Waals surface area contributed by atoms with Crippen molar-refractivity contribution in [3.8, 4) is 0 Å². The van der Waals surface area contributed by atoms with Crippen LogP contribution in [0.5, 0.6) is 0 Å². The monoisotopic (exact) mass is 278 g/mol. The maximum absolute atomic E-state index is 12.1. The predicted molar refractivity (Wildman–Crippen MR) is 74.0 cm³/mol. The van der Waals surface area contributed by atoms with E-state index in [1.807, 2.05) is 31.1 Å². The number of anilines is 1. The number of amides is 1. The summed E-state index contributed by atoms with van der Waals surface area (Å²) in [5.74, 6) is -1.91. The zero-order valence-corrected chi connectivity index (χ0v) is 11.5. The predicted octanol–water partition coefficient (Wildman–Crippen LogP) is 0.582. The average molecular weight is 278 g/mol. The van der Waals surface area contributed by atoms with E-state index < -0.39 is 17.9 Å². The van der Waals surface area contributed by atoms with Gasteiger partial charge in [-0.25, -0.2) is 0 Å². The summed E-state index contributed by atoms with van der Waals surface area (Å²) in [7, 11) is 3.84. The number of aliphatic carboxylic acids is 1. The minimum Gasteiger partial charge on any atom is -0.481 e. The Labute approximate surface area is 117 Å². The normalized spacial score (nSPS) is 21.5. The van der Waals surface area contributed by atoms with Gasteiger partial charge in [0, 0.05) is 25.3 Å². The zero-order valence-electron chi connectivity index (χ0n) is 11.5. The molecule has 0 bridgehead atoms. The fraction of sp³-hybridized carbons (Fsp3) is 0.429. The lowest BCUT2D eigenvalue weighted by Gasteiger charge is -2.16. The summed E-state index contributed by atoms with van der Waals surface area (Å²) in [5, 5.41) is 11.7. The van der Waals surface area contributed by atoms with Crippen LogP contribution >= 0.6 is 0 Å². The first-order chi connectivity index (χ1) is 9.49. The summed E-state index contributed by atoms with van der Waals surface area (Å²) in [6.45, 7) is 0.373. The number of hydrogen-bond donors (Lipinski definition) is 2. The molecule has 6 heteroatoms. The molecule has 0 aliphatic carbocycles. The van der Waals surface area contributed by atoms with Gasteiger partial charge < -0.3 is 20.1 Å². The van der Waals surface area contributed by atoms with Crippen molar-refractivity contribution < 1.29 is 19.4 Å². The van der Waals surface area contributed by atoms with Crippen molar-refractivity contribution in [2.45, 2.75) is 6.04 Å². The van der Waals surface area contributed by atoms with Crippen LogP contribution in [0, 0.1) is 5.92 Å². The van der Waals surface area contributed by atoms with Crippen molar-refractivity contribution in [3.05, 3.63) is 29.8 Å². The number of carbonyl (C=O) groups excluding carboxylic acids is 1. The second-order valence-electron chi connectivity index (χ2n) is 5.00. The summed E-state index contributed by atoms with van der Waals surface area (Å²) in [4.78, 5) is 25.0. The van der Waals surface area contributed by atoms with Gasteiger partial charge in [0.15, 0.2) is 0 Å². The highest BCUT2D eigenvalue weighted by atomic mass is 16.5. The minimum absolute atomic E-state index is 0.139. The van der Waals surface area contributed by atoms with Crippen LogP contribution in [0.15, 0.2) is 24.3 Å². The van der Waals surface area contributed by atoms with E-state index in [0.29, 0.717) is 5.56 Å². The molecule has 1 aromatic carbocycles. The van der Waals surface area contributed by atoms with E-state index >= 15 is 0 Å². The second kappa shape index (κ2) is 5.92. The highest BCUT2D eigenvalue weighted by Crippen LogP contribution is 2.16. The number of carboxylic acids is 1. The number of rotatable bonds is 4. The second-order valence-corrected chi connectivity index (χ2v) is 5.00. The van der Waals surface area contributed by atoms with E-state index in [9.17, 15) is 9.59 Å². The fourth-order valence-electron chi connectivity index (χ4n) is 2.10. The van der Waals surface area contributed by atoms with Crippen LogP contribution in [0.1, 0.15) is 10.4 Å². The third-order valence-corrected chi connectivity index (χ3v) is 3.36. The molecule has 1 aliphatic rings. The average Bonchev–Trinajstić information content (AvgIpc) is 2.87. The Balaban J connectivity index is 2.02. The summed E-state index contributed by atoms with van der Waals surface area (Å²) >= 11 is 0. The van der Waals surface area contributed by atoms with Gasteiger partial charge >= 0.3 is 5.97 Å². The Morgan fingerprint density at radius 2 is 1.90 bits per heavy atom. The standard InChI is InChI=1S/C14H18N2O4/c1-16(2)10-5-3-9(4-6-10)13(17)15-12-8-20-7-11(12)14(18)19/h3-6,11-12H,7-8H2,1-2H3,(H,15,17)(H,18,19). The molecule has 0 spiro atoms. The van der Waals surface area contributed by atoms with E-state index in [-0.39, 0.29) is 19.1 Å². The molecule has 20 heavy (non-hydrogen) atoms. The van der Waals surface area contributed by atoms with Crippen LogP contribution in [-0.4, -0.2) is 50.3 Å². The molecular formula is C14H18N2O4. The molecular weight excluding hydrogens is 260 g/mol. The summed E-state index contributed by atoms with van der Waals surface area (Å²) in [6, 6.07) is 6.64. The zero-order chi connectivity index (χ0) is 14.7. The first-order valence-electron chi connectivity index (χ1n) is 6.38. The molecule has 1 saturated heterocycles. The fourth-order valence-corrected chi connectivity index (χ4v) is 2.10. The molecule has 2 N–H and O–H groups in total.